The Morgan fingerprint density at radius 2 is 2.17 bits per heavy atom. The number of methoxy groups -OCH3 is 1. The van der Waals surface area contributed by atoms with Crippen LogP contribution in [0.25, 0.3) is 0 Å². The maximum atomic E-state index is 12.5. The first kappa shape index (κ1) is 15.6. The van der Waals surface area contributed by atoms with Crippen LogP contribution in [0, 0.1) is 5.92 Å². The molecule has 0 saturated carbocycles. The summed E-state index contributed by atoms with van der Waals surface area (Å²) in [6.45, 7) is 4.20. The molecule has 0 spiro atoms. The minimum atomic E-state index is -0.0803. The number of amides is 2. The Hall–Kier alpha value is -2.34. The second kappa shape index (κ2) is 6.83. The van der Waals surface area contributed by atoms with E-state index in [1.165, 1.54) is 5.56 Å². The number of nitrogens with one attached hydrogen (secondary N) is 1. The number of benzene rings is 1. The quantitative estimate of drug-likeness (QED) is 0.923. The third-order valence-corrected chi connectivity index (χ3v) is 4.17. The summed E-state index contributed by atoms with van der Waals surface area (Å²) in [5.41, 5.74) is 1.88. The Kier molecular flexibility index (Phi) is 4.62. The minimum Gasteiger partial charge on any atom is -0.383 e. The van der Waals surface area contributed by atoms with E-state index >= 15 is 0 Å². The van der Waals surface area contributed by atoms with Crippen molar-refractivity contribution in [3.8, 4) is 0 Å². The van der Waals surface area contributed by atoms with Gasteiger partial charge in [0.05, 0.1) is 31.1 Å². The molecule has 1 fully saturated rings. The van der Waals surface area contributed by atoms with Gasteiger partial charge in [-0.1, -0.05) is 37.3 Å². The van der Waals surface area contributed by atoms with Gasteiger partial charge in [-0.25, -0.2) is 4.79 Å². The van der Waals surface area contributed by atoms with Crippen LogP contribution in [0.15, 0.2) is 42.7 Å². The fourth-order valence-corrected chi connectivity index (χ4v) is 2.99. The first-order valence-corrected chi connectivity index (χ1v) is 7.83. The highest BCUT2D eigenvalue weighted by atomic mass is 16.5. The highest BCUT2D eigenvalue weighted by molar-refractivity contribution is 5.90. The van der Waals surface area contributed by atoms with E-state index in [0.29, 0.717) is 24.8 Å². The van der Waals surface area contributed by atoms with Gasteiger partial charge in [0.25, 0.3) is 0 Å². The van der Waals surface area contributed by atoms with E-state index in [1.54, 1.807) is 18.0 Å². The summed E-state index contributed by atoms with van der Waals surface area (Å²) < 4.78 is 6.78. The van der Waals surface area contributed by atoms with Gasteiger partial charge in [-0.05, 0) is 11.5 Å². The molecule has 2 atom stereocenters. The van der Waals surface area contributed by atoms with Crippen molar-refractivity contribution in [1.29, 1.82) is 0 Å². The number of carbonyl (C=O) groups is 1. The molecule has 23 heavy (non-hydrogen) atoms. The third-order valence-electron chi connectivity index (χ3n) is 4.17. The fourth-order valence-electron chi connectivity index (χ4n) is 2.99. The normalized spacial score (nSPS) is 20.2. The lowest BCUT2D eigenvalue weighted by Crippen LogP contribution is -2.53. The van der Waals surface area contributed by atoms with E-state index in [1.807, 2.05) is 29.3 Å². The second-order valence-corrected chi connectivity index (χ2v) is 5.90. The summed E-state index contributed by atoms with van der Waals surface area (Å²) in [5.74, 6) is 0.465. The van der Waals surface area contributed by atoms with E-state index in [9.17, 15) is 4.79 Å². The minimum absolute atomic E-state index is 0.0803. The average molecular weight is 314 g/mol. The standard InChI is InChI=1S/C17H22N4O2/c1-13-11-21(16(13)14-6-4-3-5-7-14)17(22)19-15-10-18-20(12-15)8-9-23-2/h3-7,10,12-13,16H,8-9,11H2,1-2H3,(H,19,22)/t13-,16-/m0/s1. The van der Waals surface area contributed by atoms with Crippen LogP contribution in [0.1, 0.15) is 18.5 Å². The topological polar surface area (TPSA) is 59.4 Å². The number of urea groups is 1. The van der Waals surface area contributed by atoms with Gasteiger partial charge in [0.1, 0.15) is 0 Å². The molecule has 2 heterocycles. The van der Waals surface area contributed by atoms with Gasteiger partial charge in [0, 0.05) is 19.9 Å². The number of likely N-dealkylation sites (tertiary alicyclic amines) is 1. The molecule has 122 valence electrons. The lowest BCUT2D eigenvalue weighted by atomic mass is 9.85. The fraction of sp³-hybridized carbons (Fsp3) is 0.412. The average Bonchev–Trinajstić information content (AvgIpc) is 2.98. The summed E-state index contributed by atoms with van der Waals surface area (Å²) in [6.07, 6.45) is 3.48. The molecule has 0 unspecified atom stereocenters. The number of ether oxygens (including phenoxy) is 1. The maximum absolute atomic E-state index is 12.5. The Morgan fingerprint density at radius 3 is 2.87 bits per heavy atom. The predicted molar refractivity (Wildman–Crippen MR) is 88.2 cm³/mol. The highest BCUT2D eigenvalue weighted by Gasteiger charge is 2.39. The van der Waals surface area contributed by atoms with Gasteiger partial charge in [-0.2, -0.15) is 5.10 Å². The molecule has 1 aliphatic heterocycles. The molecule has 1 N–H and O–H groups in total. The Bertz CT molecular complexity index is 656. The number of rotatable bonds is 5. The zero-order chi connectivity index (χ0) is 16.2. The summed E-state index contributed by atoms with van der Waals surface area (Å²) >= 11 is 0. The summed E-state index contributed by atoms with van der Waals surface area (Å²) in [4.78, 5) is 14.4. The molecule has 0 radical (unpaired) electrons. The van der Waals surface area contributed by atoms with Crippen molar-refractivity contribution in [1.82, 2.24) is 14.7 Å². The van der Waals surface area contributed by atoms with Gasteiger partial charge in [-0.15, -0.1) is 0 Å². The number of aromatic nitrogens is 2. The molecule has 0 bridgehead atoms. The van der Waals surface area contributed by atoms with E-state index in [-0.39, 0.29) is 12.1 Å². The SMILES string of the molecule is COCCn1cc(NC(=O)N2C[C@H](C)[C@H]2c2ccccc2)cn1. The molecular weight excluding hydrogens is 292 g/mol. The molecule has 2 amide bonds. The third kappa shape index (κ3) is 3.37. The Labute approximate surface area is 136 Å². The number of hydrogen-bond donors (Lipinski definition) is 1. The van der Waals surface area contributed by atoms with Gasteiger partial charge in [-0.3, -0.25) is 4.68 Å². The van der Waals surface area contributed by atoms with Gasteiger partial charge in [0.2, 0.25) is 0 Å². The van der Waals surface area contributed by atoms with Crippen molar-refractivity contribution in [2.75, 3.05) is 25.6 Å². The predicted octanol–water partition coefficient (Wildman–Crippen LogP) is 2.75. The van der Waals surface area contributed by atoms with Crippen molar-refractivity contribution in [2.24, 2.45) is 5.92 Å². The van der Waals surface area contributed by atoms with Crippen LogP contribution in [-0.4, -0.2) is 41.0 Å². The summed E-state index contributed by atoms with van der Waals surface area (Å²) in [5, 5.41) is 7.13. The van der Waals surface area contributed by atoms with Crippen molar-refractivity contribution in [2.45, 2.75) is 19.5 Å². The molecule has 0 aliphatic carbocycles. The Morgan fingerprint density at radius 1 is 1.39 bits per heavy atom. The number of anilines is 1. The monoisotopic (exact) mass is 314 g/mol. The molecule has 2 aromatic rings. The van der Waals surface area contributed by atoms with Crippen LogP contribution < -0.4 is 5.32 Å². The maximum Gasteiger partial charge on any atom is 0.322 e. The van der Waals surface area contributed by atoms with E-state index in [0.717, 1.165) is 6.54 Å². The molecule has 3 rings (SSSR count). The van der Waals surface area contributed by atoms with Crippen LogP contribution >= 0.6 is 0 Å². The summed E-state index contributed by atoms with van der Waals surface area (Å²) in [6, 6.07) is 10.2. The largest absolute Gasteiger partial charge is 0.383 e. The van der Waals surface area contributed by atoms with Crippen LogP contribution in [0.2, 0.25) is 0 Å². The molecule has 1 aliphatic rings. The first-order chi connectivity index (χ1) is 11.2. The zero-order valence-corrected chi connectivity index (χ0v) is 13.5. The number of nitrogens with zero attached hydrogens (tertiary/aromatic N) is 3. The number of carbonyl (C=O) groups excluding carboxylic acids is 1. The zero-order valence-electron chi connectivity index (χ0n) is 13.5. The second-order valence-electron chi connectivity index (χ2n) is 5.90. The van der Waals surface area contributed by atoms with Crippen LogP contribution in [-0.2, 0) is 11.3 Å². The van der Waals surface area contributed by atoms with E-state index in [4.69, 9.17) is 4.74 Å². The van der Waals surface area contributed by atoms with Crippen molar-refractivity contribution >= 4 is 11.7 Å². The van der Waals surface area contributed by atoms with Crippen LogP contribution in [0.4, 0.5) is 10.5 Å². The molecular formula is C17H22N4O2. The van der Waals surface area contributed by atoms with Crippen molar-refractivity contribution in [3.05, 3.63) is 48.3 Å². The van der Waals surface area contributed by atoms with Crippen molar-refractivity contribution < 1.29 is 9.53 Å². The molecule has 1 saturated heterocycles. The molecule has 1 aromatic heterocycles. The number of hydrogen-bond acceptors (Lipinski definition) is 3. The van der Waals surface area contributed by atoms with E-state index < -0.39 is 0 Å². The Balaban J connectivity index is 1.63. The lowest BCUT2D eigenvalue weighted by Gasteiger charge is -2.46. The highest BCUT2D eigenvalue weighted by Crippen LogP contribution is 2.38. The molecule has 1 aromatic carbocycles. The van der Waals surface area contributed by atoms with Gasteiger partial charge >= 0.3 is 6.03 Å². The first-order valence-electron chi connectivity index (χ1n) is 7.83. The van der Waals surface area contributed by atoms with Crippen LogP contribution in [0.3, 0.4) is 0 Å². The van der Waals surface area contributed by atoms with Gasteiger partial charge in [0.15, 0.2) is 0 Å². The molecule has 6 heteroatoms. The van der Waals surface area contributed by atoms with Crippen molar-refractivity contribution in [3.63, 3.8) is 0 Å². The smallest absolute Gasteiger partial charge is 0.322 e. The van der Waals surface area contributed by atoms with Crippen LogP contribution in [0.5, 0.6) is 0 Å². The molecule has 6 nitrogen and oxygen atoms in total. The summed E-state index contributed by atoms with van der Waals surface area (Å²) in [7, 11) is 1.65. The van der Waals surface area contributed by atoms with Gasteiger partial charge < -0.3 is 15.0 Å². The lowest BCUT2D eigenvalue weighted by molar-refractivity contribution is 0.0671. The van der Waals surface area contributed by atoms with E-state index in [2.05, 4.69) is 29.5 Å².